The molecule has 0 radical (unpaired) electrons. The first kappa shape index (κ1) is 15.4. The van der Waals surface area contributed by atoms with Gasteiger partial charge in [0.1, 0.15) is 5.69 Å². The van der Waals surface area contributed by atoms with E-state index in [4.69, 9.17) is 0 Å². The van der Waals surface area contributed by atoms with E-state index in [2.05, 4.69) is 31.0 Å². The van der Waals surface area contributed by atoms with Crippen molar-refractivity contribution in [3.8, 4) is 0 Å². The highest BCUT2D eigenvalue weighted by Gasteiger charge is 2.15. The summed E-state index contributed by atoms with van der Waals surface area (Å²) in [6, 6.07) is 5.76. The normalized spacial score (nSPS) is 11.1. The van der Waals surface area contributed by atoms with Gasteiger partial charge in [0.05, 0.1) is 4.92 Å². The third kappa shape index (κ3) is 4.21. The summed E-state index contributed by atoms with van der Waals surface area (Å²) in [7, 11) is 0. The van der Waals surface area contributed by atoms with Crippen LogP contribution in [0.1, 0.15) is 33.3 Å². The molecule has 0 unspecified atom stereocenters. The average Bonchev–Trinajstić information content (AvgIpc) is 2.35. The molecule has 1 rings (SSSR count). The molecule has 1 aromatic carbocycles. The number of nitro groups is 1. The van der Waals surface area contributed by atoms with Gasteiger partial charge in [-0.2, -0.15) is 0 Å². The van der Waals surface area contributed by atoms with Gasteiger partial charge in [-0.05, 0) is 38.9 Å². The molecule has 0 aromatic heterocycles. The van der Waals surface area contributed by atoms with Crippen molar-refractivity contribution in [1.82, 2.24) is 4.90 Å². The van der Waals surface area contributed by atoms with Gasteiger partial charge in [0.25, 0.3) is 5.69 Å². The largest absolute Gasteiger partial charge is 0.380 e. The Balaban J connectivity index is 2.97. The van der Waals surface area contributed by atoms with Crippen molar-refractivity contribution in [2.24, 2.45) is 0 Å². The second-order valence-corrected chi connectivity index (χ2v) is 4.80. The molecule has 0 fully saturated rings. The van der Waals surface area contributed by atoms with Crippen LogP contribution in [0.15, 0.2) is 18.2 Å². The predicted octanol–water partition coefficient (Wildman–Crippen LogP) is 3.26. The van der Waals surface area contributed by atoms with Gasteiger partial charge in [-0.1, -0.05) is 13.0 Å². The van der Waals surface area contributed by atoms with Gasteiger partial charge in [-0.3, -0.25) is 15.0 Å². The van der Waals surface area contributed by atoms with Crippen LogP contribution in [0, 0.1) is 10.1 Å². The van der Waals surface area contributed by atoms with Crippen molar-refractivity contribution in [1.29, 1.82) is 0 Å². The van der Waals surface area contributed by atoms with Crippen LogP contribution < -0.4 is 5.32 Å². The van der Waals surface area contributed by atoms with Gasteiger partial charge in [-0.25, -0.2) is 0 Å². The summed E-state index contributed by atoms with van der Waals surface area (Å²) in [5.74, 6) is 0. The van der Waals surface area contributed by atoms with Crippen molar-refractivity contribution >= 4 is 11.4 Å². The van der Waals surface area contributed by atoms with Crippen molar-refractivity contribution in [3.05, 3.63) is 33.9 Å². The average molecular weight is 265 g/mol. The Hall–Kier alpha value is -1.62. The van der Waals surface area contributed by atoms with Crippen molar-refractivity contribution < 1.29 is 4.92 Å². The van der Waals surface area contributed by atoms with E-state index in [1.807, 2.05) is 19.1 Å². The fourth-order valence-electron chi connectivity index (χ4n) is 2.07. The molecular formula is C14H23N3O2. The predicted molar refractivity (Wildman–Crippen MR) is 78.5 cm³/mol. The van der Waals surface area contributed by atoms with E-state index in [0.717, 1.165) is 18.7 Å². The second kappa shape index (κ2) is 7.09. The van der Waals surface area contributed by atoms with Crippen molar-refractivity contribution in [2.75, 3.05) is 18.4 Å². The lowest BCUT2D eigenvalue weighted by atomic mass is 10.1. The molecule has 1 N–H and O–H groups in total. The molecular weight excluding hydrogens is 242 g/mol. The van der Waals surface area contributed by atoms with Crippen molar-refractivity contribution in [2.45, 2.75) is 40.3 Å². The number of nitrogens with zero attached hydrogens (tertiary/aromatic N) is 2. The Morgan fingerprint density at radius 2 is 2.05 bits per heavy atom. The van der Waals surface area contributed by atoms with Crippen LogP contribution in [0.25, 0.3) is 0 Å². The van der Waals surface area contributed by atoms with E-state index in [0.29, 0.717) is 18.3 Å². The first-order valence-corrected chi connectivity index (χ1v) is 6.74. The quantitative estimate of drug-likeness (QED) is 0.607. The maximum Gasteiger partial charge on any atom is 0.292 e. The molecule has 0 aliphatic carbocycles. The molecule has 0 bridgehead atoms. The number of hydrogen-bond donors (Lipinski definition) is 1. The summed E-state index contributed by atoms with van der Waals surface area (Å²) >= 11 is 0. The Bertz CT molecular complexity index is 433. The molecule has 0 amide bonds. The number of nitro benzene ring substituents is 1. The molecule has 0 heterocycles. The summed E-state index contributed by atoms with van der Waals surface area (Å²) in [5, 5.41) is 14.0. The van der Waals surface area contributed by atoms with E-state index in [-0.39, 0.29) is 10.6 Å². The molecule has 0 spiro atoms. The molecule has 1 aromatic rings. The minimum absolute atomic E-state index is 0.137. The SMILES string of the molecule is CCNc1cc(CN(CC)C(C)C)ccc1[N+](=O)[O-]. The van der Waals surface area contributed by atoms with Crippen LogP contribution in [-0.2, 0) is 6.54 Å². The highest BCUT2D eigenvalue weighted by atomic mass is 16.6. The highest BCUT2D eigenvalue weighted by Crippen LogP contribution is 2.26. The Kier molecular flexibility index (Phi) is 5.76. The molecule has 5 nitrogen and oxygen atoms in total. The zero-order valence-electron chi connectivity index (χ0n) is 12.1. The molecule has 0 saturated heterocycles. The smallest absolute Gasteiger partial charge is 0.292 e. The zero-order valence-corrected chi connectivity index (χ0v) is 12.1. The minimum Gasteiger partial charge on any atom is -0.380 e. The molecule has 5 heteroatoms. The summed E-state index contributed by atoms with van der Waals surface area (Å²) in [6.07, 6.45) is 0. The van der Waals surface area contributed by atoms with Crippen LogP contribution in [0.2, 0.25) is 0 Å². The lowest BCUT2D eigenvalue weighted by Gasteiger charge is -2.25. The van der Waals surface area contributed by atoms with E-state index in [9.17, 15) is 10.1 Å². The first-order chi connectivity index (χ1) is 8.99. The zero-order chi connectivity index (χ0) is 14.4. The molecule has 0 aliphatic rings. The van der Waals surface area contributed by atoms with Gasteiger partial charge < -0.3 is 5.32 Å². The topological polar surface area (TPSA) is 58.4 Å². The summed E-state index contributed by atoms with van der Waals surface area (Å²) in [5.41, 5.74) is 1.83. The summed E-state index contributed by atoms with van der Waals surface area (Å²) < 4.78 is 0. The monoisotopic (exact) mass is 265 g/mol. The molecule has 0 saturated carbocycles. The first-order valence-electron chi connectivity index (χ1n) is 6.74. The second-order valence-electron chi connectivity index (χ2n) is 4.80. The number of nitrogens with one attached hydrogen (secondary N) is 1. The summed E-state index contributed by atoms with van der Waals surface area (Å²) in [4.78, 5) is 12.9. The third-order valence-electron chi connectivity index (χ3n) is 3.15. The van der Waals surface area contributed by atoms with Crippen LogP contribution in [0.5, 0.6) is 0 Å². The number of benzene rings is 1. The highest BCUT2D eigenvalue weighted by molar-refractivity contribution is 5.62. The standard InChI is InChI=1S/C14H23N3O2/c1-5-15-13-9-12(7-8-14(13)17(18)19)10-16(6-2)11(3)4/h7-9,11,15H,5-6,10H2,1-4H3. The number of anilines is 1. The molecule has 19 heavy (non-hydrogen) atoms. The minimum atomic E-state index is -0.345. The lowest BCUT2D eigenvalue weighted by molar-refractivity contribution is -0.384. The number of hydrogen-bond acceptors (Lipinski definition) is 4. The Morgan fingerprint density at radius 3 is 2.53 bits per heavy atom. The maximum absolute atomic E-state index is 10.9. The van der Waals surface area contributed by atoms with Crippen LogP contribution >= 0.6 is 0 Å². The van der Waals surface area contributed by atoms with Gasteiger partial charge in [-0.15, -0.1) is 0 Å². The third-order valence-corrected chi connectivity index (χ3v) is 3.15. The van der Waals surface area contributed by atoms with Gasteiger partial charge in [0, 0.05) is 25.2 Å². The van der Waals surface area contributed by atoms with Crippen molar-refractivity contribution in [3.63, 3.8) is 0 Å². The molecule has 0 atom stereocenters. The van der Waals surface area contributed by atoms with Crippen LogP contribution in [-0.4, -0.2) is 29.0 Å². The number of rotatable bonds is 7. The Morgan fingerprint density at radius 1 is 1.37 bits per heavy atom. The Labute approximate surface area is 114 Å². The lowest BCUT2D eigenvalue weighted by Crippen LogP contribution is -2.29. The van der Waals surface area contributed by atoms with Crippen LogP contribution in [0.3, 0.4) is 0 Å². The molecule has 0 aliphatic heterocycles. The fourth-order valence-corrected chi connectivity index (χ4v) is 2.07. The van der Waals surface area contributed by atoms with E-state index >= 15 is 0 Å². The van der Waals surface area contributed by atoms with Crippen LogP contribution in [0.4, 0.5) is 11.4 Å². The van der Waals surface area contributed by atoms with E-state index < -0.39 is 0 Å². The fraction of sp³-hybridized carbons (Fsp3) is 0.571. The summed E-state index contributed by atoms with van der Waals surface area (Å²) in [6.45, 7) is 10.8. The van der Waals surface area contributed by atoms with Gasteiger partial charge in [0.2, 0.25) is 0 Å². The van der Waals surface area contributed by atoms with Gasteiger partial charge in [0.15, 0.2) is 0 Å². The van der Waals surface area contributed by atoms with E-state index in [1.165, 1.54) is 0 Å². The molecule has 106 valence electrons. The van der Waals surface area contributed by atoms with Gasteiger partial charge >= 0.3 is 0 Å². The van der Waals surface area contributed by atoms with E-state index in [1.54, 1.807) is 6.07 Å². The maximum atomic E-state index is 10.9.